The molecule has 0 aromatic heterocycles. The number of piperidine rings is 2. The number of hydrogen-bond acceptors (Lipinski definition) is 5. The van der Waals surface area contributed by atoms with Gasteiger partial charge in [0, 0.05) is 12.6 Å². The number of para-hydroxylation sites is 1. The Labute approximate surface area is 149 Å². The van der Waals surface area contributed by atoms with E-state index >= 15 is 0 Å². The Morgan fingerprint density at radius 3 is 2.68 bits per heavy atom. The maximum Gasteiger partial charge on any atom is 0.261 e. The minimum atomic E-state index is -0.123. The van der Waals surface area contributed by atoms with E-state index < -0.39 is 0 Å². The van der Waals surface area contributed by atoms with Gasteiger partial charge in [0.15, 0.2) is 18.1 Å². The first kappa shape index (κ1) is 17.9. The van der Waals surface area contributed by atoms with Gasteiger partial charge in [-0.3, -0.25) is 4.79 Å². The van der Waals surface area contributed by atoms with Gasteiger partial charge in [-0.15, -0.1) is 0 Å². The van der Waals surface area contributed by atoms with Crippen molar-refractivity contribution in [3.05, 3.63) is 18.2 Å². The molecule has 6 nitrogen and oxygen atoms in total. The molecule has 6 heteroatoms. The number of amides is 1. The van der Waals surface area contributed by atoms with Crippen molar-refractivity contribution in [3.63, 3.8) is 0 Å². The van der Waals surface area contributed by atoms with E-state index in [-0.39, 0.29) is 18.1 Å². The fraction of sp³-hybridized carbons (Fsp3) is 0.632. The predicted octanol–water partition coefficient (Wildman–Crippen LogP) is 2.22. The van der Waals surface area contributed by atoms with E-state index in [1.54, 1.807) is 26.4 Å². The number of methoxy groups -OCH3 is 2. The Balaban J connectivity index is 1.72. The molecular weight excluding hydrogens is 320 g/mol. The van der Waals surface area contributed by atoms with Crippen LogP contribution in [0.2, 0.25) is 0 Å². The van der Waals surface area contributed by atoms with Crippen molar-refractivity contribution in [1.29, 1.82) is 0 Å². The predicted molar refractivity (Wildman–Crippen MR) is 95.4 cm³/mol. The van der Waals surface area contributed by atoms with Crippen LogP contribution in [0.4, 0.5) is 0 Å². The largest absolute Gasteiger partial charge is 0.493 e. The number of rotatable bonds is 5. The summed E-state index contributed by atoms with van der Waals surface area (Å²) in [5, 5.41) is 3.58. The smallest absolute Gasteiger partial charge is 0.261 e. The Bertz CT molecular complexity index is 597. The van der Waals surface area contributed by atoms with Crippen LogP contribution >= 0.6 is 0 Å². The van der Waals surface area contributed by atoms with Gasteiger partial charge in [-0.25, -0.2) is 0 Å². The molecule has 0 unspecified atom stereocenters. The highest BCUT2D eigenvalue weighted by Gasteiger charge is 2.45. The maximum atomic E-state index is 12.9. The SMILES string of the molecule is COc1cccc(OC)c1OCC(=O)N1CCC[C@H]2NCCC[C@@]21C. The third kappa shape index (κ3) is 3.40. The maximum absolute atomic E-state index is 12.9. The van der Waals surface area contributed by atoms with Crippen LogP contribution in [0.1, 0.15) is 32.6 Å². The highest BCUT2D eigenvalue weighted by atomic mass is 16.5. The van der Waals surface area contributed by atoms with Crippen LogP contribution in [0, 0.1) is 0 Å². The number of carbonyl (C=O) groups excluding carboxylic acids is 1. The highest BCUT2D eigenvalue weighted by molar-refractivity contribution is 5.79. The van der Waals surface area contributed by atoms with Crippen molar-refractivity contribution >= 4 is 5.91 Å². The highest BCUT2D eigenvalue weighted by Crippen LogP contribution is 2.38. The first-order valence-corrected chi connectivity index (χ1v) is 8.98. The molecule has 0 bridgehead atoms. The van der Waals surface area contributed by atoms with E-state index in [9.17, 15) is 4.79 Å². The molecule has 1 amide bonds. The molecule has 0 radical (unpaired) electrons. The number of nitrogens with zero attached hydrogens (tertiary/aromatic N) is 1. The topological polar surface area (TPSA) is 60.0 Å². The summed E-state index contributed by atoms with van der Waals surface area (Å²) in [6.07, 6.45) is 4.28. The van der Waals surface area contributed by atoms with Gasteiger partial charge >= 0.3 is 0 Å². The molecular formula is C19H28N2O4. The van der Waals surface area contributed by atoms with E-state index in [2.05, 4.69) is 12.2 Å². The first-order valence-electron chi connectivity index (χ1n) is 8.98. The fourth-order valence-electron chi connectivity index (χ4n) is 4.14. The monoisotopic (exact) mass is 348 g/mol. The summed E-state index contributed by atoms with van der Waals surface area (Å²) in [7, 11) is 3.15. The lowest BCUT2D eigenvalue weighted by molar-refractivity contribution is -0.144. The molecule has 2 fully saturated rings. The van der Waals surface area contributed by atoms with Crippen molar-refractivity contribution in [1.82, 2.24) is 10.2 Å². The summed E-state index contributed by atoms with van der Waals surface area (Å²) in [5.74, 6) is 1.62. The zero-order valence-corrected chi connectivity index (χ0v) is 15.3. The lowest BCUT2D eigenvalue weighted by atomic mass is 9.77. The molecule has 2 heterocycles. The van der Waals surface area contributed by atoms with Crippen LogP contribution < -0.4 is 19.5 Å². The first-order chi connectivity index (χ1) is 12.1. The van der Waals surface area contributed by atoms with Crippen molar-refractivity contribution < 1.29 is 19.0 Å². The van der Waals surface area contributed by atoms with E-state index in [1.165, 1.54) is 0 Å². The van der Waals surface area contributed by atoms with E-state index in [4.69, 9.17) is 14.2 Å². The average molecular weight is 348 g/mol. The van der Waals surface area contributed by atoms with Crippen LogP contribution in [0.5, 0.6) is 17.2 Å². The molecule has 2 aliphatic heterocycles. The summed E-state index contributed by atoms with van der Waals surface area (Å²) in [4.78, 5) is 14.9. The zero-order valence-electron chi connectivity index (χ0n) is 15.3. The number of hydrogen-bond donors (Lipinski definition) is 1. The Kier molecular flexibility index (Phi) is 5.37. The van der Waals surface area contributed by atoms with Crippen LogP contribution in [0.3, 0.4) is 0 Å². The van der Waals surface area contributed by atoms with Gasteiger partial charge in [-0.05, 0) is 51.3 Å². The average Bonchev–Trinajstić information content (AvgIpc) is 2.64. The lowest BCUT2D eigenvalue weighted by Crippen LogP contribution is -2.67. The van der Waals surface area contributed by atoms with Gasteiger partial charge in [0.25, 0.3) is 5.91 Å². The third-order valence-corrected chi connectivity index (χ3v) is 5.52. The third-order valence-electron chi connectivity index (χ3n) is 5.52. The molecule has 0 aliphatic carbocycles. The number of benzene rings is 1. The summed E-state index contributed by atoms with van der Waals surface area (Å²) >= 11 is 0. The summed E-state index contributed by atoms with van der Waals surface area (Å²) < 4.78 is 16.5. The summed E-state index contributed by atoms with van der Waals surface area (Å²) in [5.41, 5.74) is -0.123. The number of ether oxygens (including phenoxy) is 3. The number of likely N-dealkylation sites (tertiary alicyclic amines) is 1. The van der Waals surface area contributed by atoms with Crippen molar-refractivity contribution in [2.24, 2.45) is 0 Å². The zero-order chi connectivity index (χ0) is 17.9. The molecule has 1 aromatic carbocycles. The molecule has 3 rings (SSSR count). The lowest BCUT2D eigenvalue weighted by Gasteiger charge is -2.52. The molecule has 2 saturated heterocycles. The van der Waals surface area contributed by atoms with Crippen LogP contribution in [-0.2, 0) is 4.79 Å². The minimum absolute atomic E-state index is 0.0148. The Morgan fingerprint density at radius 2 is 2.00 bits per heavy atom. The van der Waals surface area contributed by atoms with Crippen LogP contribution in [0.25, 0.3) is 0 Å². The standard InChI is InChI=1S/C19H28N2O4/c1-19-10-6-11-20-16(19)9-5-12-21(19)17(22)13-25-18-14(23-2)7-4-8-15(18)24-3/h4,7-8,16,20H,5-6,9-13H2,1-3H3/t16-,19+/m1/s1. The van der Waals surface area contributed by atoms with Gasteiger partial charge < -0.3 is 24.4 Å². The van der Waals surface area contributed by atoms with Gasteiger partial charge in [-0.2, -0.15) is 0 Å². The number of fused-ring (bicyclic) bond motifs is 1. The van der Waals surface area contributed by atoms with Crippen molar-refractivity contribution in [3.8, 4) is 17.2 Å². The quantitative estimate of drug-likeness (QED) is 0.884. The summed E-state index contributed by atoms with van der Waals surface area (Å²) in [6.45, 7) is 4.01. The van der Waals surface area contributed by atoms with Crippen molar-refractivity contribution in [2.45, 2.75) is 44.2 Å². The second kappa shape index (κ2) is 7.52. The Hall–Kier alpha value is -1.95. The van der Waals surface area contributed by atoms with Crippen LogP contribution in [0.15, 0.2) is 18.2 Å². The number of carbonyl (C=O) groups is 1. The van der Waals surface area contributed by atoms with E-state index in [0.29, 0.717) is 23.3 Å². The molecule has 0 saturated carbocycles. The Morgan fingerprint density at radius 1 is 1.28 bits per heavy atom. The fourth-order valence-corrected chi connectivity index (χ4v) is 4.14. The molecule has 0 spiro atoms. The second-order valence-electron chi connectivity index (χ2n) is 6.94. The van der Waals surface area contributed by atoms with E-state index in [0.717, 1.165) is 38.8 Å². The van der Waals surface area contributed by atoms with Crippen LogP contribution in [-0.4, -0.2) is 56.3 Å². The molecule has 2 aliphatic rings. The van der Waals surface area contributed by atoms with E-state index in [1.807, 2.05) is 11.0 Å². The van der Waals surface area contributed by atoms with Gasteiger partial charge in [0.05, 0.1) is 19.8 Å². The van der Waals surface area contributed by atoms with Gasteiger partial charge in [0.1, 0.15) is 0 Å². The molecule has 25 heavy (non-hydrogen) atoms. The molecule has 1 aromatic rings. The normalized spacial score (nSPS) is 25.9. The molecule has 1 N–H and O–H groups in total. The molecule has 138 valence electrons. The molecule has 2 atom stereocenters. The second-order valence-corrected chi connectivity index (χ2v) is 6.94. The summed E-state index contributed by atoms with van der Waals surface area (Å²) in [6, 6.07) is 5.80. The van der Waals surface area contributed by atoms with Gasteiger partial charge in [-0.1, -0.05) is 6.07 Å². The minimum Gasteiger partial charge on any atom is -0.493 e. The van der Waals surface area contributed by atoms with Gasteiger partial charge in [0.2, 0.25) is 5.75 Å². The number of nitrogens with one attached hydrogen (secondary N) is 1. The van der Waals surface area contributed by atoms with Crippen molar-refractivity contribution in [2.75, 3.05) is 33.9 Å².